The number of rotatable bonds is 0. The fraction of sp³-hybridized carbons (Fsp3) is 0.125. The van der Waals surface area contributed by atoms with Crippen molar-refractivity contribution in [3.8, 4) is 0 Å². The first-order valence-electron chi connectivity index (χ1n) is 3.41. The Labute approximate surface area is 63.9 Å². The van der Waals surface area contributed by atoms with Gasteiger partial charge in [-0.25, -0.2) is 4.98 Å². The smallest absolute Gasteiger partial charge is 0.175 e. The average molecular weight is 148 g/mol. The highest BCUT2D eigenvalue weighted by Crippen LogP contribution is 2.13. The highest BCUT2D eigenvalue weighted by atomic mass is 16.5. The lowest BCUT2D eigenvalue weighted by molar-refractivity contribution is 0.192. The molecule has 0 spiro atoms. The number of aryl methyl sites for hydroxylation is 1. The van der Waals surface area contributed by atoms with Crippen LogP contribution in [0.3, 0.4) is 0 Å². The molecule has 0 saturated carbocycles. The summed E-state index contributed by atoms with van der Waals surface area (Å²) < 4.78 is 1.09. The Hall–Kier alpha value is -1.51. The Balaban J connectivity index is 2.92. The van der Waals surface area contributed by atoms with E-state index in [9.17, 15) is 5.21 Å². The van der Waals surface area contributed by atoms with Crippen LogP contribution in [-0.4, -0.2) is 14.9 Å². The van der Waals surface area contributed by atoms with E-state index in [0.717, 1.165) is 15.8 Å². The lowest BCUT2D eigenvalue weighted by Gasteiger charge is -1.93. The lowest BCUT2D eigenvalue weighted by atomic mass is 10.3. The number of nitrogens with zero attached hydrogens (tertiary/aromatic N) is 2. The molecule has 0 aliphatic rings. The van der Waals surface area contributed by atoms with E-state index in [1.54, 1.807) is 6.20 Å². The molecule has 2 aromatic rings. The van der Waals surface area contributed by atoms with Crippen LogP contribution in [0, 0.1) is 6.92 Å². The van der Waals surface area contributed by atoms with Crippen molar-refractivity contribution >= 4 is 11.0 Å². The highest BCUT2D eigenvalue weighted by molar-refractivity contribution is 5.76. The molecule has 2 aromatic heterocycles. The molecule has 0 unspecified atom stereocenters. The van der Waals surface area contributed by atoms with Gasteiger partial charge >= 0.3 is 0 Å². The number of hydrogen-bond donors (Lipinski definition) is 1. The standard InChI is InChI=1S/C8H8N2O/c1-6-5-7-3-2-4-9-8(7)10(6)11/h2-5,11H,1H3. The van der Waals surface area contributed by atoms with Gasteiger partial charge < -0.3 is 5.21 Å². The molecule has 0 amide bonds. The molecule has 1 N–H and O–H groups in total. The van der Waals surface area contributed by atoms with Crippen molar-refractivity contribution in [2.75, 3.05) is 0 Å². The summed E-state index contributed by atoms with van der Waals surface area (Å²) in [6.45, 7) is 1.84. The Morgan fingerprint density at radius 3 is 3.09 bits per heavy atom. The minimum absolute atomic E-state index is 0.616. The van der Waals surface area contributed by atoms with Crippen LogP contribution in [0.4, 0.5) is 0 Å². The van der Waals surface area contributed by atoms with Crippen LogP contribution in [0.2, 0.25) is 0 Å². The maximum Gasteiger partial charge on any atom is 0.175 e. The van der Waals surface area contributed by atoms with Crippen molar-refractivity contribution in [1.82, 2.24) is 9.71 Å². The third kappa shape index (κ3) is 0.774. The Kier molecular flexibility index (Phi) is 1.12. The topological polar surface area (TPSA) is 38.0 Å². The van der Waals surface area contributed by atoms with Crippen LogP contribution in [0.1, 0.15) is 5.69 Å². The maximum absolute atomic E-state index is 9.35. The summed E-state index contributed by atoms with van der Waals surface area (Å²) in [7, 11) is 0. The first-order valence-corrected chi connectivity index (χ1v) is 3.41. The normalized spacial score (nSPS) is 10.6. The van der Waals surface area contributed by atoms with Crippen LogP contribution in [0.15, 0.2) is 24.4 Å². The second-order valence-corrected chi connectivity index (χ2v) is 2.51. The number of hydrogen-bond acceptors (Lipinski definition) is 2. The van der Waals surface area contributed by atoms with Crippen molar-refractivity contribution < 1.29 is 5.21 Å². The predicted molar refractivity (Wildman–Crippen MR) is 41.7 cm³/mol. The van der Waals surface area contributed by atoms with Crippen molar-refractivity contribution in [2.45, 2.75) is 6.92 Å². The fourth-order valence-corrected chi connectivity index (χ4v) is 1.15. The molecule has 11 heavy (non-hydrogen) atoms. The molecule has 0 aliphatic heterocycles. The van der Waals surface area contributed by atoms with Gasteiger partial charge in [-0.2, -0.15) is 4.73 Å². The van der Waals surface area contributed by atoms with E-state index >= 15 is 0 Å². The van der Waals surface area contributed by atoms with Crippen LogP contribution in [0.25, 0.3) is 11.0 Å². The van der Waals surface area contributed by atoms with Gasteiger partial charge in [0.25, 0.3) is 0 Å². The Morgan fingerprint density at radius 2 is 2.36 bits per heavy atom. The molecule has 2 rings (SSSR count). The van der Waals surface area contributed by atoms with E-state index in [2.05, 4.69) is 4.98 Å². The van der Waals surface area contributed by atoms with E-state index in [-0.39, 0.29) is 0 Å². The van der Waals surface area contributed by atoms with Gasteiger partial charge in [0.05, 0.1) is 5.69 Å². The number of pyridine rings is 1. The minimum Gasteiger partial charge on any atom is -0.427 e. The van der Waals surface area contributed by atoms with Gasteiger partial charge in [0.1, 0.15) is 0 Å². The summed E-state index contributed by atoms with van der Waals surface area (Å²) in [6.07, 6.45) is 1.66. The van der Waals surface area contributed by atoms with Gasteiger partial charge in [0.15, 0.2) is 5.65 Å². The summed E-state index contributed by atoms with van der Waals surface area (Å²) in [5.41, 5.74) is 1.42. The van der Waals surface area contributed by atoms with Gasteiger partial charge in [-0.1, -0.05) is 0 Å². The van der Waals surface area contributed by atoms with E-state index in [0.29, 0.717) is 5.65 Å². The molecule has 3 heteroatoms. The lowest BCUT2D eigenvalue weighted by Crippen LogP contribution is -1.92. The zero-order chi connectivity index (χ0) is 7.84. The Morgan fingerprint density at radius 1 is 1.55 bits per heavy atom. The number of fused-ring (bicyclic) bond motifs is 1. The summed E-state index contributed by atoms with van der Waals surface area (Å²) in [5.74, 6) is 0. The van der Waals surface area contributed by atoms with Crippen LogP contribution >= 0.6 is 0 Å². The molecule has 0 aliphatic carbocycles. The minimum atomic E-state index is 0.616. The highest BCUT2D eigenvalue weighted by Gasteiger charge is 2.02. The van der Waals surface area contributed by atoms with Gasteiger partial charge in [0, 0.05) is 11.6 Å². The zero-order valence-electron chi connectivity index (χ0n) is 6.15. The third-order valence-corrected chi connectivity index (χ3v) is 1.72. The average Bonchev–Trinajstić information content (AvgIpc) is 2.30. The second kappa shape index (κ2) is 1.99. The molecule has 0 radical (unpaired) electrons. The summed E-state index contributed by atoms with van der Waals surface area (Å²) in [6, 6.07) is 5.66. The molecule has 0 fully saturated rings. The van der Waals surface area contributed by atoms with Crippen molar-refractivity contribution in [1.29, 1.82) is 0 Å². The fourth-order valence-electron chi connectivity index (χ4n) is 1.15. The van der Waals surface area contributed by atoms with Crippen molar-refractivity contribution in [2.24, 2.45) is 0 Å². The van der Waals surface area contributed by atoms with E-state index < -0.39 is 0 Å². The zero-order valence-corrected chi connectivity index (χ0v) is 6.15. The molecule has 0 aromatic carbocycles. The molecule has 3 nitrogen and oxygen atoms in total. The molecular formula is C8H8N2O. The molecule has 2 heterocycles. The molecule has 0 atom stereocenters. The molecule has 0 saturated heterocycles. The van der Waals surface area contributed by atoms with Gasteiger partial charge in [-0.05, 0) is 25.1 Å². The van der Waals surface area contributed by atoms with Gasteiger partial charge in [-0.15, -0.1) is 0 Å². The summed E-state index contributed by atoms with van der Waals surface area (Å²) in [4.78, 5) is 4.01. The predicted octanol–water partition coefficient (Wildman–Crippen LogP) is 1.58. The summed E-state index contributed by atoms with van der Waals surface area (Å²) >= 11 is 0. The van der Waals surface area contributed by atoms with Gasteiger partial charge in [-0.3, -0.25) is 0 Å². The first kappa shape index (κ1) is 6.22. The molecule has 0 bridgehead atoms. The second-order valence-electron chi connectivity index (χ2n) is 2.51. The largest absolute Gasteiger partial charge is 0.427 e. The van der Waals surface area contributed by atoms with E-state index in [4.69, 9.17) is 0 Å². The van der Waals surface area contributed by atoms with Crippen LogP contribution < -0.4 is 0 Å². The van der Waals surface area contributed by atoms with Crippen LogP contribution in [0.5, 0.6) is 0 Å². The first-order chi connectivity index (χ1) is 5.29. The van der Waals surface area contributed by atoms with Crippen LogP contribution in [-0.2, 0) is 0 Å². The monoisotopic (exact) mass is 148 g/mol. The quantitative estimate of drug-likeness (QED) is 0.576. The van der Waals surface area contributed by atoms with E-state index in [1.165, 1.54) is 0 Å². The SMILES string of the molecule is Cc1cc2cccnc2n1O. The molecule has 56 valence electrons. The van der Waals surface area contributed by atoms with Gasteiger partial charge in [0.2, 0.25) is 0 Å². The molecular weight excluding hydrogens is 140 g/mol. The van der Waals surface area contributed by atoms with Crippen molar-refractivity contribution in [3.63, 3.8) is 0 Å². The maximum atomic E-state index is 9.35. The third-order valence-electron chi connectivity index (χ3n) is 1.72. The van der Waals surface area contributed by atoms with E-state index in [1.807, 2.05) is 25.1 Å². The number of aromatic nitrogens is 2. The Bertz CT molecular complexity index is 392. The van der Waals surface area contributed by atoms with Crippen molar-refractivity contribution in [3.05, 3.63) is 30.1 Å². The summed E-state index contributed by atoms with van der Waals surface area (Å²) in [5, 5.41) is 10.3.